The van der Waals surface area contributed by atoms with Crippen LogP contribution in [-0.4, -0.2) is 31.5 Å². The Morgan fingerprint density at radius 2 is 1.78 bits per heavy atom. The molecule has 3 rings (SSSR count). The highest BCUT2D eigenvalue weighted by Gasteiger charge is 2.18. The highest BCUT2D eigenvalue weighted by atomic mass is 32.2. The fourth-order valence-corrected chi connectivity index (χ4v) is 4.09. The number of hydrogen-bond donors (Lipinski definition) is 2. The first-order valence-electron chi connectivity index (χ1n) is 8.77. The van der Waals surface area contributed by atoms with Crippen molar-refractivity contribution >= 4 is 17.7 Å². The smallest absolute Gasteiger partial charge is 0.336 e. The third-order valence-corrected chi connectivity index (χ3v) is 5.42. The average Bonchev–Trinajstić information content (AvgIpc) is 2.97. The molecule has 2 aromatic carbocycles. The van der Waals surface area contributed by atoms with Gasteiger partial charge in [-0.25, -0.2) is 9.78 Å². The Balaban J connectivity index is 2.10. The Bertz CT molecular complexity index is 966. The molecule has 0 saturated heterocycles. The molecule has 0 aliphatic rings. The van der Waals surface area contributed by atoms with Crippen LogP contribution in [0.4, 0.5) is 0 Å². The van der Waals surface area contributed by atoms with E-state index in [0.717, 1.165) is 27.7 Å². The second-order valence-corrected chi connectivity index (χ2v) is 7.35. The Morgan fingerprint density at radius 1 is 1.11 bits per heavy atom. The molecule has 2 N–H and O–H groups in total. The molecule has 6 heteroatoms. The SMILES string of the molecule is CCSc1c(CO)nc(C)n1Cc1ccccc1-c1ccccc1C(=O)O. The summed E-state index contributed by atoms with van der Waals surface area (Å²) in [5, 5.41) is 20.1. The van der Waals surface area contributed by atoms with Gasteiger partial charge in [-0.2, -0.15) is 0 Å². The van der Waals surface area contributed by atoms with Gasteiger partial charge in [0.05, 0.1) is 24.4 Å². The highest BCUT2D eigenvalue weighted by Crippen LogP contribution is 2.30. The number of carboxylic acid groups (broad SMARTS) is 1. The van der Waals surface area contributed by atoms with Crippen LogP contribution in [0.1, 0.15) is 34.4 Å². The van der Waals surface area contributed by atoms with Gasteiger partial charge in [0.1, 0.15) is 10.9 Å². The molecule has 27 heavy (non-hydrogen) atoms. The number of rotatable bonds is 7. The number of hydrogen-bond acceptors (Lipinski definition) is 4. The molecule has 0 aliphatic heterocycles. The summed E-state index contributed by atoms with van der Waals surface area (Å²) in [6, 6.07) is 14.9. The highest BCUT2D eigenvalue weighted by molar-refractivity contribution is 7.99. The zero-order valence-electron chi connectivity index (χ0n) is 15.3. The minimum atomic E-state index is -0.941. The van der Waals surface area contributed by atoms with E-state index in [4.69, 9.17) is 0 Å². The third kappa shape index (κ3) is 3.91. The first kappa shape index (κ1) is 19.2. The Hall–Kier alpha value is -2.57. The Labute approximate surface area is 162 Å². The first-order chi connectivity index (χ1) is 13.1. The van der Waals surface area contributed by atoms with Crippen molar-refractivity contribution in [2.45, 2.75) is 32.0 Å². The fraction of sp³-hybridized carbons (Fsp3) is 0.238. The van der Waals surface area contributed by atoms with Gasteiger partial charge < -0.3 is 14.8 Å². The maximum atomic E-state index is 11.7. The van der Waals surface area contributed by atoms with Crippen LogP contribution in [0.3, 0.4) is 0 Å². The summed E-state index contributed by atoms with van der Waals surface area (Å²) in [6.07, 6.45) is 0. The van der Waals surface area contributed by atoms with Crippen molar-refractivity contribution in [1.82, 2.24) is 9.55 Å². The Kier molecular flexibility index (Phi) is 5.98. The van der Waals surface area contributed by atoms with Gasteiger partial charge in [-0.05, 0) is 35.4 Å². The molecule has 0 unspecified atom stereocenters. The number of aromatic carboxylic acids is 1. The van der Waals surface area contributed by atoms with E-state index in [1.54, 1.807) is 23.9 Å². The van der Waals surface area contributed by atoms with Crippen molar-refractivity contribution in [1.29, 1.82) is 0 Å². The molecule has 0 fully saturated rings. The fourth-order valence-electron chi connectivity index (χ4n) is 3.19. The molecule has 0 aliphatic carbocycles. The molecule has 0 amide bonds. The number of aryl methyl sites for hydroxylation is 1. The number of carboxylic acids is 1. The standard InChI is InChI=1S/C21H22N2O3S/c1-3-27-20-19(13-24)22-14(2)23(20)12-15-8-4-5-9-16(15)17-10-6-7-11-18(17)21(25)26/h4-11,24H,3,12-13H2,1-2H3,(H,25,26). The largest absolute Gasteiger partial charge is 0.478 e. The van der Waals surface area contributed by atoms with Crippen molar-refractivity contribution in [3.63, 3.8) is 0 Å². The number of carbonyl (C=O) groups is 1. The zero-order chi connectivity index (χ0) is 19.4. The van der Waals surface area contributed by atoms with Crippen molar-refractivity contribution in [2.24, 2.45) is 0 Å². The van der Waals surface area contributed by atoms with Crippen LogP contribution in [0.15, 0.2) is 53.6 Å². The van der Waals surface area contributed by atoms with Gasteiger partial charge in [0.25, 0.3) is 0 Å². The van der Waals surface area contributed by atoms with Gasteiger partial charge in [-0.3, -0.25) is 0 Å². The summed E-state index contributed by atoms with van der Waals surface area (Å²) in [5.74, 6) is 0.766. The van der Waals surface area contributed by atoms with E-state index in [9.17, 15) is 15.0 Å². The number of aromatic nitrogens is 2. The van der Waals surface area contributed by atoms with Crippen molar-refractivity contribution in [3.8, 4) is 11.1 Å². The number of benzene rings is 2. The number of aliphatic hydroxyl groups excluding tert-OH is 1. The van der Waals surface area contributed by atoms with E-state index in [1.165, 1.54) is 0 Å². The van der Waals surface area contributed by atoms with Crippen molar-refractivity contribution in [3.05, 3.63) is 71.2 Å². The van der Waals surface area contributed by atoms with Crippen LogP contribution in [0.2, 0.25) is 0 Å². The molecular weight excluding hydrogens is 360 g/mol. The van der Waals surface area contributed by atoms with Crippen LogP contribution < -0.4 is 0 Å². The van der Waals surface area contributed by atoms with E-state index in [0.29, 0.717) is 17.8 Å². The maximum absolute atomic E-state index is 11.7. The van der Waals surface area contributed by atoms with Crippen molar-refractivity contribution < 1.29 is 15.0 Å². The lowest BCUT2D eigenvalue weighted by Crippen LogP contribution is -2.07. The minimum absolute atomic E-state index is 0.0976. The molecule has 0 saturated carbocycles. The Morgan fingerprint density at radius 3 is 2.44 bits per heavy atom. The van der Waals surface area contributed by atoms with Gasteiger partial charge in [-0.15, -0.1) is 11.8 Å². The summed E-state index contributed by atoms with van der Waals surface area (Å²) in [6.45, 7) is 4.45. The zero-order valence-corrected chi connectivity index (χ0v) is 16.2. The topological polar surface area (TPSA) is 75.4 Å². The van der Waals surface area contributed by atoms with E-state index in [1.807, 2.05) is 43.3 Å². The number of aliphatic hydroxyl groups is 1. The minimum Gasteiger partial charge on any atom is -0.478 e. The lowest BCUT2D eigenvalue weighted by atomic mass is 9.95. The van der Waals surface area contributed by atoms with E-state index in [-0.39, 0.29) is 12.2 Å². The molecule has 3 aromatic rings. The van der Waals surface area contributed by atoms with Crippen LogP contribution >= 0.6 is 11.8 Å². The predicted molar refractivity (Wildman–Crippen MR) is 107 cm³/mol. The molecule has 0 bridgehead atoms. The van der Waals surface area contributed by atoms with Gasteiger partial charge in [-0.1, -0.05) is 49.4 Å². The second-order valence-electron chi connectivity index (χ2n) is 6.10. The molecule has 1 heterocycles. The summed E-state index contributed by atoms with van der Waals surface area (Å²) in [4.78, 5) is 16.1. The summed E-state index contributed by atoms with van der Waals surface area (Å²) < 4.78 is 2.09. The molecule has 140 valence electrons. The number of nitrogens with zero attached hydrogens (tertiary/aromatic N) is 2. The van der Waals surface area contributed by atoms with E-state index < -0.39 is 5.97 Å². The monoisotopic (exact) mass is 382 g/mol. The van der Waals surface area contributed by atoms with Crippen LogP contribution in [0.5, 0.6) is 0 Å². The molecule has 0 radical (unpaired) electrons. The third-order valence-electron chi connectivity index (χ3n) is 4.40. The summed E-state index contributed by atoms with van der Waals surface area (Å²) >= 11 is 1.65. The number of imidazole rings is 1. The summed E-state index contributed by atoms with van der Waals surface area (Å²) in [5.41, 5.74) is 3.57. The molecule has 1 aromatic heterocycles. The van der Waals surface area contributed by atoms with Crippen LogP contribution in [-0.2, 0) is 13.2 Å². The quantitative estimate of drug-likeness (QED) is 0.599. The lowest BCUT2D eigenvalue weighted by molar-refractivity contribution is 0.0697. The lowest BCUT2D eigenvalue weighted by Gasteiger charge is -2.15. The van der Waals surface area contributed by atoms with E-state index >= 15 is 0 Å². The van der Waals surface area contributed by atoms with E-state index in [2.05, 4.69) is 16.5 Å². The molecular formula is C21H22N2O3S. The van der Waals surface area contributed by atoms with Gasteiger partial charge in [0, 0.05) is 0 Å². The normalized spacial score (nSPS) is 10.9. The van der Waals surface area contributed by atoms with Gasteiger partial charge >= 0.3 is 5.97 Å². The molecule has 0 atom stereocenters. The molecule has 0 spiro atoms. The van der Waals surface area contributed by atoms with Gasteiger partial charge in [0.15, 0.2) is 0 Å². The van der Waals surface area contributed by atoms with Gasteiger partial charge in [0.2, 0.25) is 0 Å². The van der Waals surface area contributed by atoms with Crippen LogP contribution in [0, 0.1) is 6.92 Å². The maximum Gasteiger partial charge on any atom is 0.336 e. The molecule has 5 nitrogen and oxygen atoms in total. The average molecular weight is 382 g/mol. The van der Waals surface area contributed by atoms with Crippen molar-refractivity contribution in [2.75, 3.05) is 5.75 Å². The number of thioether (sulfide) groups is 1. The summed E-state index contributed by atoms with van der Waals surface area (Å²) in [7, 11) is 0. The second kappa shape index (κ2) is 8.41. The first-order valence-corrected chi connectivity index (χ1v) is 9.75. The predicted octanol–water partition coefficient (Wildman–Crippen LogP) is 4.21. The van der Waals surface area contributed by atoms with Crippen LogP contribution in [0.25, 0.3) is 11.1 Å².